The van der Waals surface area contributed by atoms with Crippen LogP contribution >= 0.6 is 0 Å². The van der Waals surface area contributed by atoms with E-state index in [1.54, 1.807) is 48.6 Å². The van der Waals surface area contributed by atoms with Gasteiger partial charge in [-0.1, -0.05) is 30.4 Å². The molecule has 4 atom stereocenters. The maximum atomic E-state index is 9.99. The van der Waals surface area contributed by atoms with Crippen molar-refractivity contribution in [2.45, 2.75) is 24.4 Å². The molecule has 0 fully saturated rings. The number of phenols is 2. The molecule has 0 aliphatic carbocycles. The number of ether oxygens (including phenoxy) is 4. The summed E-state index contributed by atoms with van der Waals surface area (Å²) >= 11 is 0. The maximum Gasteiger partial charge on any atom is 0.163 e. The quantitative estimate of drug-likeness (QED) is 0.328. The van der Waals surface area contributed by atoms with Gasteiger partial charge in [0.25, 0.3) is 0 Å². The first kappa shape index (κ1) is 23.8. The SMILES string of the molecule is OCC=Cc1ccc2c(c1)O[C@@H](c1ccc3c(c1)O[C@H](c1ccc(O)c(O)c1)[C@@H](CO)O3)[C@H](CO)O2. The summed E-state index contributed by atoms with van der Waals surface area (Å²) in [6, 6.07) is 14.9. The Kier molecular flexibility index (Phi) is 6.60. The largest absolute Gasteiger partial charge is 0.504 e. The highest BCUT2D eigenvalue weighted by molar-refractivity contribution is 5.57. The molecule has 0 bridgehead atoms. The van der Waals surface area contributed by atoms with Crippen molar-refractivity contribution in [1.82, 2.24) is 0 Å². The number of hydrogen-bond donors (Lipinski definition) is 5. The highest BCUT2D eigenvalue weighted by atomic mass is 16.6. The summed E-state index contributed by atoms with van der Waals surface area (Å²) in [6.07, 6.45) is 0.574. The number of fused-ring (bicyclic) bond motifs is 2. The van der Waals surface area contributed by atoms with Crippen LogP contribution in [-0.4, -0.2) is 57.6 Å². The van der Waals surface area contributed by atoms with Crippen LogP contribution in [0.4, 0.5) is 0 Å². The second kappa shape index (κ2) is 9.98. The molecule has 0 saturated carbocycles. The van der Waals surface area contributed by atoms with Crippen molar-refractivity contribution >= 4 is 6.08 Å². The molecule has 0 radical (unpaired) electrons. The third kappa shape index (κ3) is 4.51. The van der Waals surface area contributed by atoms with Crippen LogP contribution in [0.25, 0.3) is 6.08 Å². The van der Waals surface area contributed by atoms with Gasteiger partial charge in [0.2, 0.25) is 0 Å². The van der Waals surface area contributed by atoms with E-state index in [9.17, 15) is 20.4 Å². The Balaban J connectivity index is 1.45. The second-order valence-corrected chi connectivity index (χ2v) is 8.50. The maximum absolute atomic E-state index is 9.99. The molecule has 188 valence electrons. The van der Waals surface area contributed by atoms with Crippen LogP contribution in [0, 0.1) is 0 Å². The molecule has 0 spiro atoms. The predicted molar refractivity (Wildman–Crippen MR) is 129 cm³/mol. The molecule has 3 aromatic rings. The summed E-state index contributed by atoms with van der Waals surface area (Å²) in [7, 11) is 0. The number of hydrogen-bond acceptors (Lipinski definition) is 9. The lowest BCUT2D eigenvalue weighted by Gasteiger charge is -2.36. The van der Waals surface area contributed by atoms with Crippen LogP contribution in [0.5, 0.6) is 34.5 Å². The monoisotopic (exact) mass is 494 g/mol. The van der Waals surface area contributed by atoms with Crippen molar-refractivity contribution in [3.63, 3.8) is 0 Å². The Labute approximate surface area is 207 Å². The molecular weight excluding hydrogens is 468 g/mol. The number of aliphatic hydroxyl groups excluding tert-OH is 3. The summed E-state index contributed by atoms with van der Waals surface area (Å²) in [5.74, 6) is 1.24. The summed E-state index contributed by atoms with van der Waals surface area (Å²) in [4.78, 5) is 0. The van der Waals surface area contributed by atoms with E-state index < -0.39 is 24.4 Å². The number of rotatable bonds is 6. The van der Waals surface area contributed by atoms with E-state index in [0.717, 1.165) is 5.56 Å². The van der Waals surface area contributed by atoms with Crippen LogP contribution in [0.15, 0.2) is 60.7 Å². The number of aromatic hydroxyl groups is 2. The summed E-state index contributed by atoms with van der Waals surface area (Å²) in [6.45, 7) is -0.695. The minimum absolute atomic E-state index is 0.0806. The lowest BCUT2D eigenvalue weighted by atomic mass is 10.00. The predicted octanol–water partition coefficient (Wildman–Crippen LogP) is 2.85. The van der Waals surface area contributed by atoms with Crippen LogP contribution in [0.1, 0.15) is 28.9 Å². The molecule has 3 aromatic carbocycles. The zero-order valence-electron chi connectivity index (χ0n) is 19.2. The molecule has 5 rings (SSSR count). The van der Waals surface area contributed by atoms with Gasteiger partial charge in [-0.25, -0.2) is 0 Å². The van der Waals surface area contributed by atoms with Crippen molar-refractivity contribution in [3.05, 3.63) is 77.4 Å². The number of aliphatic hydroxyl groups is 3. The number of benzene rings is 3. The first-order chi connectivity index (χ1) is 17.5. The van der Waals surface area contributed by atoms with E-state index >= 15 is 0 Å². The molecule has 2 aliphatic heterocycles. The fourth-order valence-electron chi connectivity index (χ4n) is 4.32. The topological polar surface area (TPSA) is 138 Å². The van der Waals surface area contributed by atoms with E-state index in [4.69, 9.17) is 24.1 Å². The van der Waals surface area contributed by atoms with Gasteiger partial charge in [0, 0.05) is 11.1 Å². The van der Waals surface area contributed by atoms with Gasteiger partial charge in [-0.3, -0.25) is 0 Å². The molecule has 36 heavy (non-hydrogen) atoms. The zero-order valence-corrected chi connectivity index (χ0v) is 19.2. The van der Waals surface area contributed by atoms with Crippen LogP contribution < -0.4 is 18.9 Å². The van der Waals surface area contributed by atoms with Gasteiger partial charge >= 0.3 is 0 Å². The minimum atomic E-state index is -0.747. The van der Waals surface area contributed by atoms with Gasteiger partial charge in [0.05, 0.1) is 19.8 Å². The molecule has 0 amide bonds. The van der Waals surface area contributed by atoms with Crippen LogP contribution in [0.3, 0.4) is 0 Å². The second-order valence-electron chi connectivity index (χ2n) is 8.50. The van der Waals surface area contributed by atoms with E-state index in [1.807, 2.05) is 6.07 Å². The van der Waals surface area contributed by atoms with Crippen LogP contribution in [0.2, 0.25) is 0 Å². The Morgan fingerprint density at radius 2 is 1.19 bits per heavy atom. The Bertz CT molecular complexity index is 1270. The van der Waals surface area contributed by atoms with Crippen molar-refractivity contribution < 1.29 is 44.5 Å². The van der Waals surface area contributed by atoms with Gasteiger partial charge in [0.15, 0.2) is 58.9 Å². The van der Waals surface area contributed by atoms with Crippen molar-refractivity contribution in [2.75, 3.05) is 19.8 Å². The summed E-state index contributed by atoms with van der Waals surface area (Å²) in [5, 5.41) is 48.5. The lowest BCUT2D eigenvalue weighted by molar-refractivity contribution is -0.0173. The van der Waals surface area contributed by atoms with Gasteiger partial charge in [-0.2, -0.15) is 0 Å². The zero-order chi connectivity index (χ0) is 25.2. The normalized spacial score (nSPS) is 22.5. The Hall–Kier alpha value is -3.92. The molecule has 9 heteroatoms. The molecule has 0 aromatic heterocycles. The number of phenolic OH excluding ortho intramolecular Hbond substituents is 2. The molecule has 9 nitrogen and oxygen atoms in total. The van der Waals surface area contributed by atoms with Crippen molar-refractivity contribution in [2.24, 2.45) is 0 Å². The average Bonchev–Trinajstić information content (AvgIpc) is 2.91. The van der Waals surface area contributed by atoms with Gasteiger partial charge in [0.1, 0.15) is 0 Å². The van der Waals surface area contributed by atoms with E-state index in [-0.39, 0.29) is 31.3 Å². The standard InChI is InChI=1S/C27H26O9/c28-9-1-2-15-3-7-20-22(10-15)35-27(25(14-30)33-20)17-5-8-21-23(12-17)36-26(24(13-29)34-21)16-4-6-18(31)19(32)11-16/h1-8,10-12,24-32H,9,13-14H2/t24-,25+,26-,27+/m1/s1. The molecule has 2 heterocycles. The highest BCUT2D eigenvalue weighted by Crippen LogP contribution is 2.45. The lowest BCUT2D eigenvalue weighted by Crippen LogP contribution is -2.37. The Morgan fingerprint density at radius 3 is 1.81 bits per heavy atom. The highest BCUT2D eigenvalue weighted by Gasteiger charge is 2.36. The molecular formula is C27H26O9. The fraction of sp³-hybridized carbons (Fsp3) is 0.259. The van der Waals surface area contributed by atoms with Gasteiger partial charge in [-0.15, -0.1) is 0 Å². The molecule has 5 N–H and O–H groups in total. The smallest absolute Gasteiger partial charge is 0.163 e. The first-order valence-electron chi connectivity index (χ1n) is 11.5. The van der Waals surface area contributed by atoms with E-state index in [1.165, 1.54) is 12.1 Å². The summed E-state index contributed by atoms with van der Waals surface area (Å²) in [5.41, 5.74) is 2.01. The third-order valence-corrected chi connectivity index (χ3v) is 6.11. The molecule has 2 aliphatic rings. The van der Waals surface area contributed by atoms with Gasteiger partial charge in [-0.05, 0) is 42.0 Å². The van der Waals surface area contributed by atoms with Crippen LogP contribution in [-0.2, 0) is 0 Å². The average molecular weight is 494 g/mol. The minimum Gasteiger partial charge on any atom is -0.504 e. The fourth-order valence-corrected chi connectivity index (χ4v) is 4.32. The third-order valence-electron chi connectivity index (χ3n) is 6.11. The van der Waals surface area contributed by atoms with E-state index in [2.05, 4.69) is 0 Å². The molecule has 0 saturated heterocycles. The Morgan fingerprint density at radius 1 is 0.611 bits per heavy atom. The first-order valence-corrected chi connectivity index (χ1v) is 11.5. The van der Waals surface area contributed by atoms with Crippen molar-refractivity contribution in [1.29, 1.82) is 0 Å². The van der Waals surface area contributed by atoms with Gasteiger partial charge < -0.3 is 44.5 Å². The van der Waals surface area contributed by atoms with E-state index in [0.29, 0.717) is 34.1 Å². The summed E-state index contributed by atoms with van der Waals surface area (Å²) < 4.78 is 24.4. The molecule has 0 unspecified atom stereocenters. The van der Waals surface area contributed by atoms with Crippen molar-refractivity contribution in [3.8, 4) is 34.5 Å².